The van der Waals surface area contributed by atoms with E-state index < -0.39 is 11.9 Å². The lowest BCUT2D eigenvalue weighted by atomic mass is 9.93. The highest BCUT2D eigenvalue weighted by Gasteiger charge is 2.23. The van der Waals surface area contributed by atoms with Crippen LogP contribution in [-0.4, -0.2) is 21.8 Å². The molecule has 3 aromatic rings. The third kappa shape index (κ3) is 4.95. The minimum absolute atomic E-state index is 0.0755. The number of hydrogen-bond donors (Lipinski definition) is 1. The van der Waals surface area contributed by atoms with E-state index in [0.29, 0.717) is 26.3 Å². The maximum absolute atomic E-state index is 12.4. The first-order valence-corrected chi connectivity index (χ1v) is 9.77. The summed E-state index contributed by atoms with van der Waals surface area (Å²) in [6, 6.07) is 13.9. The van der Waals surface area contributed by atoms with E-state index in [-0.39, 0.29) is 18.6 Å². The summed E-state index contributed by atoms with van der Waals surface area (Å²) in [6.07, 6.45) is 0.00618. The van der Waals surface area contributed by atoms with Crippen LogP contribution in [0.4, 0.5) is 0 Å². The molecule has 0 aliphatic rings. The van der Waals surface area contributed by atoms with Gasteiger partial charge in [-0.05, 0) is 23.8 Å². The molecule has 27 heavy (non-hydrogen) atoms. The van der Waals surface area contributed by atoms with Gasteiger partial charge in [0.2, 0.25) is 0 Å². The van der Waals surface area contributed by atoms with Crippen molar-refractivity contribution >= 4 is 46.3 Å². The number of hydrogen-bond acceptors (Lipinski definition) is 4. The Hall–Kier alpha value is -2.21. The molecule has 1 N–H and O–H groups in total. The molecule has 0 radical (unpaired) electrons. The van der Waals surface area contributed by atoms with Crippen molar-refractivity contribution in [2.45, 2.75) is 18.8 Å². The number of nitrogens with zero attached hydrogens (tertiary/aromatic N) is 1. The molecule has 3 rings (SSSR count). The molecule has 0 spiro atoms. The summed E-state index contributed by atoms with van der Waals surface area (Å²) >= 11 is 13.5. The van der Waals surface area contributed by atoms with Crippen molar-refractivity contribution in [3.8, 4) is 10.6 Å². The Labute approximate surface area is 170 Å². The minimum Gasteiger partial charge on any atom is -0.481 e. The topological polar surface area (TPSA) is 67.3 Å². The fourth-order valence-corrected chi connectivity index (χ4v) is 4.12. The number of ketones is 1. The number of halogens is 2. The van der Waals surface area contributed by atoms with E-state index in [0.717, 1.165) is 5.56 Å². The number of thiazole rings is 1. The summed E-state index contributed by atoms with van der Waals surface area (Å²) < 4.78 is 0. The van der Waals surface area contributed by atoms with Crippen LogP contribution >= 0.6 is 34.5 Å². The Morgan fingerprint density at radius 2 is 1.85 bits per heavy atom. The van der Waals surface area contributed by atoms with Gasteiger partial charge in [-0.3, -0.25) is 9.59 Å². The third-order valence-corrected chi connectivity index (χ3v) is 5.50. The first-order chi connectivity index (χ1) is 12.9. The van der Waals surface area contributed by atoms with Crippen LogP contribution in [0.1, 0.15) is 23.6 Å². The first-order valence-electron chi connectivity index (χ1n) is 8.13. The van der Waals surface area contributed by atoms with Gasteiger partial charge in [0, 0.05) is 28.8 Å². The van der Waals surface area contributed by atoms with E-state index >= 15 is 0 Å². The molecule has 1 aromatic heterocycles. The lowest BCUT2D eigenvalue weighted by Crippen LogP contribution is -2.17. The summed E-state index contributed by atoms with van der Waals surface area (Å²) in [5, 5.41) is 13.0. The van der Waals surface area contributed by atoms with Gasteiger partial charge in [0.1, 0.15) is 10.8 Å². The van der Waals surface area contributed by atoms with E-state index in [1.165, 1.54) is 11.3 Å². The number of carboxylic acid groups (broad SMARTS) is 1. The smallest absolute Gasteiger partial charge is 0.311 e. The molecule has 138 valence electrons. The number of carbonyl (C=O) groups excluding carboxylic acids is 1. The number of aliphatic carboxylic acids is 1. The zero-order chi connectivity index (χ0) is 19.4. The van der Waals surface area contributed by atoms with Gasteiger partial charge >= 0.3 is 5.97 Å². The lowest BCUT2D eigenvalue weighted by molar-refractivity contribution is -0.140. The molecular weight excluding hydrogens is 405 g/mol. The highest BCUT2D eigenvalue weighted by Crippen LogP contribution is 2.32. The van der Waals surface area contributed by atoms with Gasteiger partial charge in [-0.2, -0.15) is 0 Å². The SMILES string of the molecule is O=C(Cc1csc(-c2ccc(Cl)cc2Cl)n1)C[C@@H](C(=O)O)c1ccccc1. The lowest BCUT2D eigenvalue weighted by Gasteiger charge is -2.11. The van der Waals surface area contributed by atoms with Gasteiger partial charge in [-0.25, -0.2) is 4.98 Å². The van der Waals surface area contributed by atoms with Gasteiger partial charge in [0.25, 0.3) is 0 Å². The van der Waals surface area contributed by atoms with Gasteiger partial charge in [-0.15, -0.1) is 11.3 Å². The summed E-state index contributed by atoms with van der Waals surface area (Å²) in [6.45, 7) is 0. The second-order valence-corrected chi connectivity index (χ2v) is 7.69. The molecule has 1 heterocycles. The Morgan fingerprint density at radius 1 is 1.11 bits per heavy atom. The Morgan fingerprint density at radius 3 is 2.52 bits per heavy atom. The van der Waals surface area contributed by atoms with Crippen LogP contribution in [0.3, 0.4) is 0 Å². The molecule has 1 atom stereocenters. The van der Waals surface area contributed by atoms with E-state index in [9.17, 15) is 14.7 Å². The summed E-state index contributed by atoms with van der Waals surface area (Å²) in [5.41, 5.74) is 1.96. The molecule has 0 bridgehead atoms. The maximum atomic E-state index is 12.4. The number of carboxylic acids is 1. The highest BCUT2D eigenvalue weighted by atomic mass is 35.5. The van der Waals surface area contributed by atoms with E-state index in [4.69, 9.17) is 23.2 Å². The second-order valence-electron chi connectivity index (χ2n) is 5.99. The monoisotopic (exact) mass is 419 g/mol. The number of Topliss-reactive ketones (excluding diaryl/α,β-unsaturated/α-hetero) is 1. The molecule has 0 unspecified atom stereocenters. The predicted octanol–water partition coefficient (Wildman–Crippen LogP) is 5.49. The molecule has 0 fully saturated rings. The summed E-state index contributed by atoms with van der Waals surface area (Å²) in [7, 11) is 0. The van der Waals surface area contributed by atoms with Gasteiger partial charge in [-0.1, -0.05) is 53.5 Å². The third-order valence-electron chi connectivity index (χ3n) is 4.02. The van der Waals surface area contributed by atoms with Gasteiger partial charge in [0.15, 0.2) is 0 Å². The van der Waals surface area contributed by atoms with Crippen molar-refractivity contribution in [3.63, 3.8) is 0 Å². The zero-order valence-corrected chi connectivity index (χ0v) is 16.4. The van der Waals surface area contributed by atoms with Crippen molar-refractivity contribution in [3.05, 3.63) is 75.2 Å². The molecule has 2 aromatic carbocycles. The van der Waals surface area contributed by atoms with E-state index in [1.807, 2.05) is 6.07 Å². The number of aromatic nitrogens is 1. The van der Waals surface area contributed by atoms with Gasteiger partial charge < -0.3 is 5.11 Å². The Kier molecular flexibility index (Phi) is 6.26. The number of carbonyl (C=O) groups is 2. The Balaban J connectivity index is 1.71. The van der Waals surface area contributed by atoms with Crippen molar-refractivity contribution in [2.75, 3.05) is 0 Å². The normalized spacial score (nSPS) is 11.9. The van der Waals surface area contributed by atoms with Crippen molar-refractivity contribution < 1.29 is 14.7 Å². The minimum atomic E-state index is -1.01. The maximum Gasteiger partial charge on any atom is 0.311 e. The van der Waals surface area contributed by atoms with Crippen LogP contribution in [0.5, 0.6) is 0 Å². The van der Waals surface area contributed by atoms with Crippen LogP contribution in [0, 0.1) is 0 Å². The largest absolute Gasteiger partial charge is 0.481 e. The van der Waals surface area contributed by atoms with Crippen LogP contribution < -0.4 is 0 Å². The molecule has 0 saturated heterocycles. The van der Waals surface area contributed by atoms with Gasteiger partial charge in [0.05, 0.1) is 16.6 Å². The molecule has 0 aliphatic heterocycles. The fraction of sp³-hybridized carbons (Fsp3) is 0.150. The molecular formula is C20H15Cl2NO3S. The van der Waals surface area contributed by atoms with Crippen LogP contribution in [-0.2, 0) is 16.0 Å². The van der Waals surface area contributed by atoms with Crippen LogP contribution in [0.2, 0.25) is 10.0 Å². The standard InChI is InChI=1S/C20H15Cl2NO3S/c21-13-6-7-16(18(22)8-13)19-23-14(11-27-19)9-15(24)10-17(20(25)26)12-4-2-1-3-5-12/h1-8,11,17H,9-10H2,(H,25,26)/t17-/m1/s1. The highest BCUT2D eigenvalue weighted by molar-refractivity contribution is 7.13. The van der Waals surface area contributed by atoms with E-state index in [2.05, 4.69) is 4.98 Å². The average Bonchev–Trinajstić information content (AvgIpc) is 3.08. The zero-order valence-electron chi connectivity index (χ0n) is 14.1. The van der Waals surface area contributed by atoms with Crippen molar-refractivity contribution in [1.82, 2.24) is 4.98 Å². The van der Waals surface area contributed by atoms with Crippen molar-refractivity contribution in [2.24, 2.45) is 0 Å². The second kappa shape index (κ2) is 8.65. The number of benzene rings is 2. The average molecular weight is 420 g/mol. The molecule has 0 aliphatic carbocycles. The summed E-state index contributed by atoms with van der Waals surface area (Å²) in [5.74, 6) is -2.05. The molecule has 0 amide bonds. The molecule has 4 nitrogen and oxygen atoms in total. The Bertz CT molecular complexity index is 972. The predicted molar refractivity (Wildman–Crippen MR) is 108 cm³/mol. The summed E-state index contributed by atoms with van der Waals surface area (Å²) in [4.78, 5) is 28.4. The van der Waals surface area contributed by atoms with E-state index in [1.54, 1.807) is 47.8 Å². The van der Waals surface area contributed by atoms with Crippen LogP contribution in [0.15, 0.2) is 53.9 Å². The van der Waals surface area contributed by atoms with Crippen molar-refractivity contribution in [1.29, 1.82) is 0 Å². The van der Waals surface area contributed by atoms with Crippen LogP contribution in [0.25, 0.3) is 10.6 Å². The molecule has 0 saturated carbocycles. The first kappa shape index (κ1) is 19.5. The number of rotatable bonds is 7. The quantitative estimate of drug-likeness (QED) is 0.549. The molecule has 7 heteroatoms. The fourth-order valence-electron chi connectivity index (χ4n) is 2.71.